The van der Waals surface area contributed by atoms with Crippen molar-refractivity contribution < 1.29 is 9.53 Å². The highest BCUT2D eigenvalue weighted by Gasteiger charge is 2.35. The summed E-state index contributed by atoms with van der Waals surface area (Å²) < 4.78 is 5.88. The summed E-state index contributed by atoms with van der Waals surface area (Å²) in [5.41, 5.74) is 2.15. The van der Waals surface area contributed by atoms with Crippen LogP contribution in [-0.2, 0) is 6.61 Å². The Kier molecular flexibility index (Phi) is 5.22. The minimum absolute atomic E-state index is 0.0662. The van der Waals surface area contributed by atoms with Gasteiger partial charge in [-0.2, -0.15) is 5.26 Å². The van der Waals surface area contributed by atoms with E-state index in [0.29, 0.717) is 35.6 Å². The second kappa shape index (κ2) is 7.94. The van der Waals surface area contributed by atoms with Gasteiger partial charge < -0.3 is 10.1 Å². The van der Waals surface area contributed by atoms with Crippen LogP contribution >= 0.6 is 0 Å². The van der Waals surface area contributed by atoms with Crippen LogP contribution in [-0.4, -0.2) is 17.9 Å². The number of piperidine rings is 2. The Bertz CT molecular complexity index is 844. The highest BCUT2D eigenvalue weighted by Crippen LogP contribution is 2.32. The third-order valence-corrected chi connectivity index (χ3v) is 5.71. The highest BCUT2D eigenvalue weighted by atomic mass is 16.5. The molecule has 0 radical (unpaired) electrons. The van der Waals surface area contributed by atoms with Crippen LogP contribution in [0.15, 0.2) is 48.5 Å². The molecule has 2 aliphatic heterocycles. The first kappa shape index (κ1) is 17.8. The van der Waals surface area contributed by atoms with E-state index in [4.69, 9.17) is 4.74 Å². The molecule has 2 aromatic carbocycles. The first-order chi connectivity index (χ1) is 13.2. The van der Waals surface area contributed by atoms with E-state index in [2.05, 4.69) is 11.4 Å². The molecule has 2 fully saturated rings. The predicted molar refractivity (Wildman–Crippen MR) is 104 cm³/mol. The summed E-state index contributed by atoms with van der Waals surface area (Å²) in [4.78, 5) is 13.1. The molecule has 0 spiro atoms. The molecule has 0 aliphatic carbocycles. The summed E-state index contributed by atoms with van der Waals surface area (Å²) in [6, 6.07) is 18.2. The predicted octanol–water partition coefficient (Wildman–Crippen LogP) is 4.24. The lowest BCUT2D eigenvalue weighted by Gasteiger charge is -2.39. The SMILES string of the molecule is N#Cc1ccc(C(=O)C2CC3CCCC(C2)N3)cc1OCc1ccccc1. The van der Waals surface area contributed by atoms with Gasteiger partial charge in [-0.05, 0) is 49.4 Å². The van der Waals surface area contributed by atoms with Crippen molar-refractivity contribution in [3.8, 4) is 11.8 Å². The Morgan fingerprint density at radius 2 is 1.85 bits per heavy atom. The fraction of sp³-hybridized carbons (Fsp3) is 0.391. The van der Waals surface area contributed by atoms with Gasteiger partial charge in [-0.1, -0.05) is 36.8 Å². The third kappa shape index (κ3) is 4.04. The van der Waals surface area contributed by atoms with Gasteiger partial charge in [-0.25, -0.2) is 0 Å². The molecule has 0 saturated carbocycles. The minimum Gasteiger partial charge on any atom is -0.487 e. The summed E-state index contributed by atoms with van der Waals surface area (Å²) in [6.45, 7) is 0.380. The Labute approximate surface area is 160 Å². The number of nitrogens with one attached hydrogen (secondary N) is 1. The number of Topliss-reactive ketones (excluding diaryl/α,β-unsaturated/α-hetero) is 1. The van der Waals surface area contributed by atoms with Crippen LogP contribution in [0.4, 0.5) is 0 Å². The molecule has 2 unspecified atom stereocenters. The van der Waals surface area contributed by atoms with Crippen molar-refractivity contribution in [3.05, 3.63) is 65.2 Å². The monoisotopic (exact) mass is 360 g/mol. The lowest BCUT2D eigenvalue weighted by Crippen LogP contribution is -2.50. The highest BCUT2D eigenvalue weighted by molar-refractivity contribution is 5.98. The smallest absolute Gasteiger partial charge is 0.166 e. The van der Waals surface area contributed by atoms with E-state index < -0.39 is 0 Å². The number of carbonyl (C=O) groups excluding carboxylic acids is 1. The van der Waals surface area contributed by atoms with Crippen molar-refractivity contribution in [2.45, 2.75) is 50.8 Å². The summed E-state index contributed by atoms with van der Waals surface area (Å²) in [7, 11) is 0. The Balaban J connectivity index is 1.51. The van der Waals surface area contributed by atoms with E-state index in [1.54, 1.807) is 18.2 Å². The molecule has 2 atom stereocenters. The zero-order chi connectivity index (χ0) is 18.6. The van der Waals surface area contributed by atoms with Gasteiger partial charge in [0, 0.05) is 23.6 Å². The maximum atomic E-state index is 13.1. The molecule has 2 heterocycles. The van der Waals surface area contributed by atoms with E-state index in [9.17, 15) is 10.1 Å². The van der Waals surface area contributed by atoms with Crippen LogP contribution in [0.3, 0.4) is 0 Å². The van der Waals surface area contributed by atoms with Gasteiger partial charge in [0.15, 0.2) is 5.78 Å². The largest absolute Gasteiger partial charge is 0.487 e. The van der Waals surface area contributed by atoms with E-state index in [1.807, 2.05) is 30.3 Å². The molecule has 27 heavy (non-hydrogen) atoms. The Morgan fingerprint density at radius 3 is 2.56 bits per heavy atom. The standard InChI is InChI=1S/C23H24N2O2/c24-14-18-10-9-17(13-22(18)27-15-16-5-2-1-3-6-16)23(26)19-11-20-7-4-8-21(12-19)25-20/h1-3,5-6,9-10,13,19-21,25H,4,7-8,11-12,15H2. The molecule has 2 aliphatic rings. The van der Waals surface area contributed by atoms with Crippen LogP contribution in [0.25, 0.3) is 0 Å². The quantitative estimate of drug-likeness (QED) is 0.810. The molecular formula is C23H24N2O2. The molecule has 2 bridgehead atoms. The lowest BCUT2D eigenvalue weighted by atomic mass is 9.77. The molecule has 4 heteroatoms. The molecule has 138 valence electrons. The molecular weight excluding hydrogens is 336 g/mol. The summed E-state index contributed by atoms with van der Waals surface area (Å²) in [5.74, 6) is 0.736. The van der Waals surface area contributed by atoms with E-state index >= 15 is 0 Å². The Morgan fingerprint density at radius 1 is 1.11 bits per heavy atom. The van der Waals surface area contributed by atoms with Gasteiger partial charge in [0.05, 0.1) is 5.56 Å². The van der Waals surface area contributed by atoms with Crippen molar-refractivity contribution in [2.24, 2.45) is 5.92 Å². The zero-order valence-corrected chi connectivity index (χ0v) is 15.4. The van der Waals surface area contributed by atoms with Gasteiger partial charge in [-0.3, -0.25) is 4.79 Å². The van der Waals surface area contributed by atoms with E-state index in [-0.39, 0.29) is 11.7 Å². The second-order valence-corrected chi connectivity index (χ2v) is 7.62. The second-order valence-electron chi connectivity index (χ2n) is 7.62. The maximum Gasteiger partial charge on any atom is 0.166 e. The van der Waals surface area contributed by atoms with Crippen molar-refractivity contribution in [2.75, 3.05) is 0 Å². The first-order valence-corrected chi connectivity index (χ1v) is 9.74. The molecule has 2 saturated heterocycles. The summed E-state index contributed by atoms with van der Waals surface area (Å²) in [6.07, 6.45) is 5.42. The number of rotatable bonds is 5. The van der Waals surface area contributed by atoms with Crippen LogP contribution in [0.5, 0.6) is 5.75 Å². The minimum atomic E-state index is 0.0662. The third-order valence-electron chi connectivity index (χ3n) is 5.71. The normalized spacial score (nSPS) is 24.0. The molecule has 4 rings (SSSR count). The number of hydrogen-bond acceptors (Lipinski definition) is 4. The molecule has 4 nitrogen and oxygen atoms in total. The number of nitriles is 1. The summed E-state index contributed by atoms with van der Waals surface area (Å²) in [5, 5.41) is 13.0. The van der Waals surface area contributed by atoms with E-state index in [0.717, 1.165) is 18.4 Å². The molecule has 2 aromatic rings. The fourth-order valence-electron chi connectivity index (χ4n) is 4.34. The lowest BCUT2D eigenvalue weighted by molar-refractivity contribution is 0.0824. The average molecular weight is 360 g/mol. The van der Waals surface area contributed by atoms with Gasteiger partial charge in [0.1, 0.15) is 18.4 Å². The first-order valence-electron chi connectivity index (χ1n) is 9.74. The zero-order valence-electron chi connectivity index (χ0n) is 15.4. The van der Waals surface area contributed by atoms with Gasteiger partial charge in [-0.15, -0.1) is 0 Å². The van der Waals surface area contributed by atoms with Gasteiger partial charge >= 0.3 is 0 Å². The Hall–Kier alpha value is -2.64. The van der Waals surface area contributed by atoms with Crippen LogP contribution in [0, 0.1) is 17.2 Å². The number of ketones is 1. The van der Waals surface area contributed by atoms with Gasteiger partial charge in [0.2, 0.25) is 0 Å². The molecule has 0 aromatic heterocycles. The van der Waals surface area contributed by atoms with Crippen molar-refractivity contribution in [3.63, 3.8) is 0 Å². The van der Waals surface area contributed by atoms with E-state index in [1.165, 1.54) is 19.3 Å². The number of carbonyl (C=O) groups is 1. The summed E-state index contributed by atoms with van der Waals surface area (Å²) >= 11 is 0. The topological polar surface area (TPSA) is 62.1 Å². The average Bonchev–Trinajstić information content (AvgIpc) is 2.72. The molecule has 1 N–H and O–H groups in total. The number of ether oxygens (including phenoxy) is 1. The van der Waals surface area contributed by atoms with Crippen molar-refractivity contribution >= 4 is 5.78 Å². The molecule has 0 amide bonds. The van der Waals surface area contributed by atoms with Crippen molar-refractivity contribution in [1.82, 2.24) is 5.32 Å². The number of nitrogens with zero attached hydrogens (tertiary/aromatic N) is 1. The van der Waals surface area contributed by atoms with Gasteiger partial charge in [0.25, 0.3) is 0 Å². The maximum absolute atomic E-state index is 13.1. The van der Waals surface area contributed by atoms with Crippen LogP contribution in [0.2, 0.25) is 0 Å². The fourth-order valence-corrected chi connectivity index (χ4v) is 4.34. The number of benzene rings is 2. The number of fused-ring (bicyclic) bond motifs is 2. The van der Waals surface area contributed by atoms with Crippen LogP contribution in [0.1, 0.15) is 53.6 Å². The van der Waals surface area contributed by atoms with Crippen molar-refractivity contribution in [1.29, 1.82) is 5.26 Å². The van der Waals surface area contributed by atoms with Crippen LogP contribution < -0.4 is 10.1 Å². The number of hydrogen-bond donors (Lipinski definition) is 1.